The summed E-state index contributed by atoms with van der Waals surface area (Å²) in [6, 6.07) is 52.1. The Morgan fingerprint density at radius 1 is 0.356 bits per heavy atom. The summed E-state index contributed by atoms with van der Waals surface area (Å²) in [5, 5.41) is 6.92. The summed E-state index contributed by atoms with van der Waals surface area (Å²) in [5.74, 6) is 1.93. The van der Waals surface area contributed by atoms with Crippen LogP contribution in [0.25, 0.3) is 88.8 Å². The molecule has 0 saturated heterocycles. The zero-order valence-electron chi connectivity index (χ0n) is 24.2. The van der Waals surface area contributed by atoms with Gasteiger partial charge in [0.15, 0.2) is 17.5 Å². The van der Waals surface area contributed by atoms with Crippen LogP contribution in [0.3, 0.4) is 0 Å². The highest BCUT2D eigenvalue weighted by Crippen LogP contribution is 2.40. The average Bonchev–Trinajstić information content (AvgIpc) is 3.25. The third-order valence-electron chi connectivity index (χ3n) is 8.51. The summed E-state index contributed by atoms with van der Waals surface area (Å²) in [6.45, 7) is 0. The van der Waals surface area contributed by atoms with Crippen molar-refractivity contribution < 1.29 is 4.42 Å². The molecule has 0 bridgehead atoms. The number of rotatable bonds is 4. The average molecular weight is 576 g/mol. The highest BCUT2D eigenvalue weighted by molar-refractivity contribution is 6.24. The molecule has 0 atom stereocenters. The molecule has 0 aliphatic carbocycles. The van der Waals surface area contributed by atoms with Gasteiger partial charge in [-0.3, -0.25) is 0 Å². The lowest BCUT2D eigenvalue weighted by molar-refractivity contribution is 0.664. The number of fused-ring (bicyclic) bond motifs is 1. The fraction of sp³-hybridized carbons (Fsp3) is 0. The van der Waals surface area contributed by atoms with Crippen molar-refractivity contribution in [1.82, 2.24) is 15.0 Å². The van der Waals surface area contributed by atoms with Gasteiger partial charge in [-0.05, 0) is 50.9 Å². The van der Waals surface area contributed by atoms with E-state index in [1.165, 1.54) is 16.2 Å². The lowest BCUT2D eigenvalue weighted by Gasteiger charge is -2.11. The van der Waals surface area contributed by atoms with Crippen molar-refractivity contribution in [3.63, 3.8) is 0 Å². The van der Waals surface area contributed by atoms with E-state index in [1.807, 2.05) is 60.7 Å². The minimum Gasteiger partial charge on any atom is -0.456 e. The Bertz CT molecular complexity index is 2470. The summed E-state index contributed by atoms with van der Waals surface area (Å²) < 4.78 is 6.61. The van der Waals surface area contributed by atoms with Crippen molar-refractivity contribution in [1.29, 1.82) is 0 Å². The summed E-state index contributed by atoms with van der Waals surface area (Å²) >= 11 is 0. The summed E-state index contributed by atoms with van der Waals surface area (Å²) in [6.07, 6.45) is 0. The number of aromatic nitrogens is 3. The SMILES string of the molecule is c1ccc(-c2nc(-c3ccccc3)nc(-c3cccc(-c4ccc5oc6cccc7cccc(c8cccc4c58)c76)c3)n2)cc1. The van der Waals surface area contributed by atoms with Gasteiger partial charge in [0.25, 0.3) is 0 Å². The first-order valence-electron chi connectivity index (χ1n) is 15.0. The molecule has 0 aliphatic rings. The summed E-state index contributed by atoms with van der Waals surface area (Å²) in [7, 11) is 0. The predicted molar refractivity (Wildman–Crippen MR) is 184 cm³/mol. The molecule has 0 unspecified atom stereocenters. The number of hydrogen-bond donors (Lipinski definition) is 0. The minimum atomic E-state index is 0.634. The third-order valence-corrected chi connectivity index (χ3v) is 8.51. The van der Waals surface area contributed by atoms with E-state index in [2.05, 4.69) is 91.0 Å². The zero-order valence-corrected chi connectivity index (χ0v) is 24.2. The van der Waals surface area contributed by atoms with Crippen LogP contribution in [-0.2, 0) is 0 Å². The van der Waals surface area contributed by atoms with Crippen LogP contribution in [0.5, 0.6) is 0 Å². The monoisotopic (exact) mass is 575 g/mol. The smallest absolute Gasteiger partial charge is 0.164 e. The van der Waals surface area contributed by atoms with Crippen LogP contribution in [0.1, 0.15) is 0 Å². The Balaban J connectivity index is 1.26. The van der Waals surface area contributed by atoms with Crippen LogP contribution in [0, 0.1) is 0 Å². The Morgan fingerprint density at radius 3 is 1.58 bits per heavy atom. The summed E-state index contributed by atoms with van der Waals surface area (Å²) in [4.78, 5) is 14.8. The Kier molecular flexibility index (Phi) is 5.78. The Hall–Kier alpha value is -6.13. The van der Waals surface area contributed by atoms with Gasteiger partial charge in [0, 0.05) is 27.5 Å². The number of nitrogens with zero attached hydrogens (tertiary/aromatic N) is 3. The molecule has 0 amide bonds. The lowest BCUT2D eigenvalue weighted by atomic mass is 9.93. The Labute approximate surface area is 259 Å². The molecule has 2 heterocycles. The normalized spacial score (nSPS) is 11.6. The molecular formula is C41H25N3O. The van der Waals surface area contributed by atoms with Crippen LogP contribution in [0.15, 0.2) is 156 Å². The molecule has 2 aromatic heterocycles. The van der Waals surface area contributed by atoms with Gasteiger partial charge in [-0.2, -0.15) is 0 Å². The van der Waals surface area contributed by atoms with Gasteiger partial charge in [0.05, 0.1) is 0 Å². The third kappa shape index (κ3) is 4.27. The van der Waals surface area contributed by atoms with Gasteiger partial charge in [-0.15, -0.1) is 0 Å². The molecule has 0 N–H and O–H groups in total. The van der Waals surface area contributed by atoms with Crippen molar-refractivity contribution >= 4 is 43.5 Å². The summed E-state index contributed by atoms with van der Waals surface area (Å²) in [5.41, 5.74) is 6.78. The molecular weight excluding hydrogens is 550 g/mol. The van der Waals surface area contributed by atoms with E-state index in [-0.39, 0.29) is 0 Å². The first kappa shape index (κ1) is 25.4. The van der Waals surface area contributed by atoms with Crippen molar-refractivity contribution in [2.24, 2.45) is 0 Å². The van der Waals surface area contributed by atoms with Crippen molar-refractivity contribution in [3.8, 4) is 45.3 Å². The first-order valence-corrected chi connectivity index (χ1v) is 15.0. The standard InChI is InChI=1S/C41H25N3O/c1-3-11-27(12-4-1)39-42-40(28-13-5-2-6-14-28)44-41(43-39)30-18-7-17-29(25-30)31-23-24-36-38-32(31)20-10-21-34(38)33-19-8-15-26-16-9-22-35(45-36)37(26)33/h1-25H. The molecule has 9 aromatic rings. The van der Waals surface area contributed by atoms with Gasteiger partial charge in [0.2, 0.25) is 0 Å². The van der Waals surface area contributed by atoms with Crippen LogP contribution in [0.4, 0.5) is 0 Å². The largest absolute Gasteiger partial charge is 0.456 e. The Morgan fingerprint density at radius 2 is 0.867 bits per heavy atom. The van der Waals surface area contributed by atoms with Gasteiger partial charge in [0.1, 0.15) is 11.2 Å². The lowest BCUT2D eigenvalue weighted by Crippen LogP contribution is -2.00. The maximum absolute atomic E-state index is 6.61. The van der Waals surface area contributed by atoms with E-state index in [0.717, 1.165) is 55.1 Å². The van der Waals surface area contributed by atoms with Gasteiger partial charge >= 0.3 is 0 Å². The van der Waals surface area contributed by atoms with Gasteiger partial charge in [-0.25, -0.2) is 15.0 Å². The van der Waals surface area contributed by atoms with E-state index in [9.17, 15) is 0 Å². The topological polar surface area (TPSA) is 51.8 Å². The highest BCUT2D eigenvalue weighted by atomic mass is 16.3. The highest BCUT2D eigenvalue weighted by Gasteiger charge is 2.16. The van der Waals surface area contributed by atoms with Crippen molar-refractivity contribution in [2.45, 2.75) is 0 Å². The molecule has 0 spiro atoms. The van der Waals surface area contributed by atoms with E-state index >= 15 is 0 Å². The molecule has 0 saturated carbocycles. The molecule has 45 heavy (non-hydrogen) atoms. The fourth-order valence-electron chi connectivity index (χ4n) is 6.43. The van der Waals surface area contributed by atoms with Crippen LogP contribution < -0.4 is 0 Å². The van der Waals surface area contributed by atoms with E-state index in [4.69, 9.17) is 19.4 Å². The van der Waals surface area contributed by atoms with Crippen LogP contribution >= 0.6 is 0 Å². The molecule has 0 fully saturated rings. The van der Waals surface area contributed by atoms with Crippen molar-refractivity contribution in [2.75, 3.05) is 0 Å². The van der Waals surface area contributed by atoms with E-state index in [0.29, 0.717) is 17.5 Å². The first-order chi connectivity index (χ1) is 22.3. The fourth-order valence-corrected chi connectivity index (χ4v) is 6.43. The van der Waals surface area contributed by atoms with E-state index < -0.39 is 0 Å². The molecule has 9 rings (SSSR count). The second-order valence-electron chi connectivity index (χ2n) is 11.2. The van der Waals surface area contributed by atoms with Crippen molar-refractivity contribution in [3.05, 3.63) is 152 Å². The maximum atomic E-state index is 6.61. The van der Waals surface area contributed by atoms with Crippen LogP contribution in [-0.4, -0.2) is 15.0 Å². The number of hydrogen-bond acceptors (Lipinski definition) is 4. The second-order valence-corrected chi connectivity index (χ2v) is 11.2. The maximum Gasteiger partial charge on any atom is 0.164 e. The predicted octanol–water partition coefficient (Wildman–Crippen LogP) is 10.7. The second kappa shape index (κ2) is 10.2. The molecule has 0 radical (unpaired) electrons. The molecule has 0 aliphatic heterocycles. The molecule has 210 valence electrons. The molecule has 4 nitrogen and oxygen atoms in total. The number of benzene rings is 7. The van der Waals surface area contributed by atoms with Gasteiger partial charge < -0.3 is 4.42 Å². The quantitative estimate of drug-likeness (QED) is 0.209. The van der Waals surface area contributed by atoms with E-state index in [1.54, 1.807) is 0 Å². The van der Waals surface area contributed by atoms with Gasteiger partial charge in [-0.1, -0.05) is 133 Å². The molecule has 4 heteroatoms. The zero-order chi connectivity index (χ0) is 29.7. The molecule has 7 aromatic carbocycles. The minimum absolute atomic E-state index is 0.634. The van der Waals surface area contributed by atoms with Crippen LogP contribution in [0.2, 0.25) is 0 Å².